The van der Waals surface area contributed by atoms with Gasteiger partial charge in [0, 0.05) is 25.2 Å². The van der Waals surface area contributed by atoms with E-state index in [1.54, 1.807) is 24.3 Å². The molecule has 1 aromatic rings. The molecule has 0 unspecified atom stereocenters. The van der Waals surface area contributed by atoms with Crippen LogP contribution in [0.2, 0.25) is 0 Å². The molecular formula is C18H23FN2O. The molecule has 1 aromatic carbocycles. The van der Waals surface area contributed by atoms with Gasteiger partial charge in [-0.25, -0.2) is 4.39 Å². The van der Waals surface area contributed by atoms with Crippen molar-refractivity contribution in [2.45, 2.75) is 31.7 Å². The Bertz CT molecular complexity index is 552. The Morgan fingerprint density at radius 2 is 2.05 bits per heavy atom. The monoisotopic (exact) mass is 302 g/mol. The van der Waals surface area contributed by atoms with Crippen LogP contribution in [0, 0.1) is 5.82 Å². The predicted molar refractivity (Wildman–Crippen MR) is 85.8 cm³/mol. The van der Waals surface area contributed by atoms with E-state index in [0.717, 1.165) is 44.6 Å². The SMILES string of the molecule is O=C(C=Cc1cccc(F)c1)N1CCC[C@H]1CN1CCCC1. The molecule has 0 bridgehead atoms. The zero-order valence-corrected chi connectivity index (χ0v) is 12.9. The van der Waals surface area contributed by atoms with E-state index in [4.69, 9.17) is 0 Å². The minimum absolute atomic E-state index is 0.0472. The van der Waals surface area contributed by atoms with Crippen molar-refractivity contribution in [2.24, 2.45) is 0 Å². The number of benzene rings is 1. The molecule has 0 N–H and O–H groups in total. The lowest BCUT2D eigenvalue weighted by Gasteiger charge is -2.27. The van der Waals surface area contributed by atoms with E-state index in [1.807, 2.05) is 4.90 Å². The van der Waals surface area contributed by atoms with E-state index in [-0.39, 0.29) is 11.7 Å². The molecule has 0 saturated carbocycles. The smallest absolute Gasteiger partial charge is 0.246 e. The maximum Gasteiger partial charge on any atom is 0.246 e. The van der Waals surface area contributed by atoms with Gasteiger partial charge >= 0.3 is 0 Å². The third kappa shape index (κ3) is 3.74. The lowest BCUT2D eigenvalue weighted by molar-refractivity contribution is -0.127. The van der Waals surface area contributed by atoms with E-state index in [2.05, 4.69) is 4.90 Å². The highest BCUT2D eigenvalue weighted by molar-refractivity contribution is 5.92. The first-order valence-electron chi connectivity index (χ1n) is 8.19. The number of halogens is 1. The second-order valence-corrected chi connectivity index (χ2v) is 6.22. The largest absolute Gasteiger partial charge is 0.335 e. The van der Waals surface area contributed by atoms with E-state index < -0.39 is 0 Å². The van der Waals surface area contributed by atoms with Crippen molar-refractivity contribution < 1.29 is 9.18 Å². The van der Waals surface area contributed by atoms with Crippen LogP contribution in [0.4, 0.5) is 4.39 Å². The molecule has 2 saturated heterocycles. The fraction of sp³-hybridized carbons (Fsp3) is 0.500. The molecule has 0 aromatic heterocycles. The maximum atomic E-state index is 13.1. The van der Waals surface area contributed by atoms with Crippen molar-refractivity contribution in [3.05, 3.63) is 41.7 Å². The number of likely N-dealkylation sites (tertiary alicyclic amines) is 2. The molecule has 2 aliphatic rings. The first-order chi connectivity index (χ1) is 10.7. The van der Waals surface area contributed by atoms with Gasteiger partial charge in [0.25, 0.3) is 0 Å². The third-order valence-corrected chi connectivity index (χ3v) is 4.59. The van der Waals surface area contributed by atoms with Crippen LogP contribution >= 0.6 is 0 Å². The average molecular weight is 302 g/mol. The molecule has 4 heteroatoms. The summed E-state index contributed by atoms with van der Waals surface area (Å²) in [5, 5.41) is 0. The summed E-state index contributed by atoms with van der Waals surface area (Å²) in [5.41, 5.74) is 0.726. The Morgan fingerprint density at radius 3 is 2.82 bits per heavy atom. The summed E-state index contributed by atoms with van der Waals surface area (Å²) in [6, 6.07) is 6.65. The van der Waals surface area contributed by atoms with Crippen molar-refractivity contribution >= 4 is 12.0 Å². The van der Waals surface area contributed by atoms with Crippen LogP contribution < -0.4 is 0 Å². The number of hydrogen-bond donors (Lipinski definition) is 0. The van der Waals surface area contributed by atoms with Gasteiger partial charge in [-0.1, -0.05) is 12.1 Å². The summed E-state index contributed by atoms with van der Waals surface area (Å²) in [6.45, 7) is 4.17. The Hall–Kier alpha value is -1.68. The summed E-state index contributed by atoms with van der Waals surface area (Å²) in [7, 11) is 0. The molecule has 2 heterocycles. The van der Waals surface area contributed by atoms with Crippen LogP contribution in [0.15, 0.2) is 30.3 Å². The van der Waals surface area contributed by atoms with E-state index >= 15 is 0 Å². The summed E-state index contributed by atoms with van der Waals surface area (Å²) in [5.74, 6) is -0.228. The number of carbonyl (C=O) groups is 1. The lowest BCUT2D eigenvalue weighted by atomic mass is 10.2. The maximum absolute atomic E-state index is 13.1. The summed E-state index contributed by atoms with van der Waals surface area (Å²) in [6.07, 6.45) is 8.02. The van der Waals surface area contributed by atoms with Gasteiger partial charge in [0.2, 0.25) is 5.91 Å². The van der Waals surface area contributed by atoms with Crippen LogP contribution in [0.1, 0.15) is 31.2 Å². The molecule has 2 fully saturated rings. The minimum Gasteiger partial charge on any atom is -0.335 e. The van der Waals surface area contributed by atoms with Gasteiger partial charge in [0.05, 0.1) is 0 Å². The van der Waals surface area contributed by atoms with Gasteiger partial charge < -0.3 is 9.80 Å². The van der Waals surface area contributed by atoms with Crippen molar-refractivity contribution in [1.82, 2.24) is 9.80 Å². The van der Waals surface area contributed by atoms with Crippen molar-refractivity contribution in [3.8, 4) is 0 Å². The Morgan fingerprint density at radius 1 is 1.23 bits per heavy atom. The fourth-order valence-corrected chi connectivity index (χ4v) is 3.45. The van der Waals surface area contributed by atoms with Crippen LogP contribution in [-0.4, -0.2) is 47.9 Å². The van der Waals surface area contributed by atoms with Gasteiger partial charge in [0.15, 0.2) is 0 Å². The van der Waals surface area contributed by atoms with Gasteiger partial charge in [-0.15, -0.1) is 0 Å². The number of nitrogens with zero attached hydrogens (tertiary/aromatic N) is 2. The summed E-state index contributed by atoms with van der Waals surface area (Å²) in [4.78, 5) is 16.9. The zero-order valence-electron chi connectivity index (χ0n) is 12.9. The van der Waals surface area contributed by atoms with Crippen LogP contribution in [0.3, 0.4) is 0 Å². The molecule has 0 radical (unpaired) electrons. The molecule has 22 heavy (non-hydrogen) atoms. The van der Waals surface area contributed by atoms with Crippen molar-refractivity contribution in [1.29, 1.82) is 0 Å². The minimum atomic E-state index is -0.275. The van der Waals surface area contributed by atoms with Crippen LogP contribution in [0.25, 0.3) is 6.08 Å². The number of rotatable bonds is 4. The zero-order chi connectivity index (χ0) is 15.4. The molecule has 2 aliphatic heterocycles. The van der Waals surface area contributed by atoms with E-state index in [9.17, 15) is 9.18 Å². The highest BCUT2D eigenvalue weighted by Gasteiger charge is 2.29. The normalized spacial score (nSPS) is 22.8. The summed E-state index contributed by atoms with van der Waals surface area (Å²) < 4.78 is 13.1. The molecule has 3 rings (SSSR count). The lowest BCUT2D eigenvalue weighted by Crippen LogP contribution is -2.41. The first kappa shape index (κ1) is 15.2. The quantitative estimate of drug-likeness (QED) is 0.798. The highest BCUT2D eigenvalue weighted by Crippen LogP contribution is 2.21. The molecule has 118 valence electrons. The first-order valence-corrected chi connectivity index (χ1v) is 8.19. The Labute approximate surface area is 131 Å². The molecular weight excluding hydrogens is 279 g/mol. The van der Waals surface area contributed by atoms with Gasteiger partial charge in [-0.05, 0) is 62.5 Å². The van der Waals surface area contributed by atoms with Crippen LogP contribution in [0.5, 0.6) is 0 Å². The second kappa shape index (κ2) is 7.05. The molecule has 1 amide bonds. The third-order valence-electron chi connectivity index (χ3n) is 4.59. The Balaban J connectivity index is 1.60. The molecule has 0 aliphatic carbocycles. The van der Waals surface area contributed by atoms with E-state index in [0.29, 0.717) is 6.04 Å². The standard InChI is InChI=1S/C18H23FN2O/c19-16-6-3-5-15(13-16)8-9-18(22)21-12-4-7-17(21)14-20-10-1-2-11-20/h3,5-6,8-9,13,17H,1-2,4,7,10-12,14H2/t17-/m0/s1. The van der Waals surface area contributed by atoms with Crippen molar-refractivity contribution in [3.63, 3.8) is 0 Å². The predicted octanol–water partition coefficient (Wildman–Crippen LogP) is 2.93. The van der Waals surface area contributed by atoms with Gasteiger partial charge in [0.1, 0.15) is 5.82 Å². The van der Waals surface area contributed by atoms with Crippen LogP contribution in [-0.2, 0) is 4.79 Å². The number of hydrogen-bond acceptors (Lipinski definition) is 2. The molecule has 3 nitrogen and oxygen atoms in total. The summed E-state index contributed by atoms with van der Waals surface area (Å²) >= 11 is 0. The molecule has 0 spiro atoms. The topological polar surface area (TPSA) is 23.6 Å². The van der Waals surface area contributed by atoms with E-state index in [1.165, 1.54) is 25.0 Å². The number of carbonyl (C=O) groups excluding carboxylic acids is 1. The van der Waals surface area contributed by atoms with Gasteiger partial charge in [-0.2, -0.15) is 0 Å². The number of amides is 1. The highest BCUT2D eigenvalue weighted by atomic mass is 19.1. The molecule has 1 atom stereocenters. The van der Waals surface area contributed by atoms with Gasteiger partial charge in [-0.3, -0.25) is 4.79 Å². The second-order valence-electron chi connectivity index (χ2n) is 6.22. The Kier molecular flexibility index (Phi) is 4.88. The fourth-order valence-electron chi connectivity index (χ4n) is 3.45. The average Bonchev–Trinajstić information content (AvgIpc) is 3.17. The van der Waals surface area contributed by atoms with Crippen molar-refractivity contribution in [2.75, 3.05) is 26.2 Å².